The Hall–Kier alpha value is -2.10. The minimum atomic E-state index is -1.03. The number of carbonyl (C=O) groups excluding carboxylic acids is 2. The van der Waals surface area contributed by atoms with Crippen molar-refractivity contribution in [3.8, 4) is 0 Å². The number of para-hydroxylation sites is 1. The molecule has 0 saturated heterocycles. The number of carboxylic acids is 1. The predicted octanol–water partition coefficient (Wildman–Crippen LogP) is 2.36. The first-order valence-electron chi connectivity index (χ1n) is 10.3. The summed E-state index contributed by atoms with van der Waals surface area (Å²) in [5.74, 6) is -0.938. The number of unbranched alkanes of at least 4 members (excludes halogenated alkanes) is 4. The maximum absolute atomic E-state index is 12.9. The molecule has 4 N–H and O–H groups in total. The Bertz CT molecular complexity index is 728. The van der Waals surface area contributed by atoms with E-state index >= 15 is 0 Å². The molecule has 0 bridgehead atoms. The minimum Gasteiger partial charge on any atom is -0.480 e. The number of esters is 1. The molecular weight excluding hydrogens is 406 g/mol. The van der Waals surface area contributed by atoms with Crippen LogP contribution in [0.3, 0.4) is 0 Å². The number of aliphatic carboxylic acids is 1. The molecule has 8 nitrogen and oxygen atoms in total. The smallest absolute Gasteiger partial charge is 0.323 e. The summed E-state index contributed by atoms with van der Waals surface area (Å²) in [5.41, 5.74) is 6.06. The van der Waals surface area contributed by atoms with Crippen LogP contribution in [0.5, 0.6) is 0 Å². The number of hydrogen-bond acceptors (Lipinski definition) is 7. The molecule has 30 heavy (non-hydrogen) atoms. The molecule has 1 aromatic carbocycles. The lowest BCUT2D eigenvalue weighted by molar-refractivity contribution is -0.148. The van der Waals surface area contributed by atoms with Crippen LogP contribution in [0.25, 0.3) is 0 Å². The van der Waals surface area contributed by atoms with Gasteiger partial charge in [0.1, 0.15) is 12.8 Å². The Kier molecular flexibility index (Phi) is 10.1. The number of anilines is 1. The van der Waals surface area contributed by atoms with Crippen molar-refractivity contribution in [3.63, 3.8) is 0 Å². The summed E-state index contributed by atoms with van der Waals surface area (Å²) in [5, 5.41) is 12.5. The molecule has 166 valence electrons. The number of ether oxygens (including phenoxy) is 1. The van der Waals surface area contributed by atoms with Crippen LogP contribution in [0.4, 0.5) is 5.69 Å². The molecule has 0 radical (unpaired) electrons. The Morgan fingerprint density at radius 3 is 2.70 bits per heavy atom. The van der Waals surface area contributed by atoms with Gasteiger partial charge in [0, 0.05) is 17.1 Å². The van der Waals surface area contributed by atoms with Gasteiger partial charge in [-0.15, -0.1) is 11.8 Å². The number of nitrogens with two attached hydrogens (primary N) is 1. The second kappa shape index (κ2) is 12.6. The van der Waals surface area contributed by atoms with Crippen LogP contribution in [-0.2, 0) is 19.1 Å². The summed E-state index contributed by atoms with van der Waals surface area (Å²) in [6, 6.07) is 6.98. The summed E-state index contributed by atoms with van der Waals surface area (Å²) >= 11 is 1.56. The number of thioether (sulfide) groups is 1. The van der Waals surface area contributed by atoms with E-state index in [4.69, 9.17) is 10.5 Å². The fourth-order valence-corrected chi connectivity index (χ4v) is 4.37. The van der Waals surface area contributed by atoms with Gasteiger partial charge in [-0.3, -0.25) is 25.0 Å². The van der Waals surface area contributed by atoms with Gasteiger partial charge in [-0.05, 0) is 38.4 Å². The highest BCUT2D eigenvalue weighted by Gasteiger charge is 2.31. The van der Waals surface area contributed by atoms with Crippen LogP contribution >= 0.6 is 11.8 Å². The van der Waals surface area contributed by atoms with Crippen LogP contribution in [0.1, 0.15) is 45.4 Å². The SMILES string of the molecule is CC(N)OC(=O)CCCCCCCNC1CSc2ccccc2N(CC(=O)O)C1=O. The third-order valence-electron chi connectivity index (χ3n) is 4.68. The average Bonchev–Trinajstić information content (AvgIpc) is 2.81. The standard InChI is InChI=1S/C21H31N3O5S/c1-15(22)29-20(27)11-5-3-2-4-8-12-23-16-14-30-18-10-7-6-9-17(18)24(21(16)28)13-19(25)26/h6-7,9-10,15-16,23H,2-5,8,11-14,22H2,1H3,(H,25,26). The Labute approximate surface area is 181 Å². The maximum Gasteiger partial charge on any atom is 0.323 e. The van der Waals surface area contributed by atoms with Crippen LogP contribution in [0, 0.1) is 0 Å². The van der Waals surface area contributed by atoms with Gasteiger partial charge in [0.15, 0.2) is 0 Å². The van der Waals surface area contributed by atoms with E-state index in [2.05, 4.69) is 5.32 Å². The highest BCUT2D eigenvalue weighted by atomic mass is 32.2. The number of benzene rings is 1. The summed E-state index contributed by atoms with van der Waals surface area (Å²) in [7, 11) is 0. The van der Waals surface area contributed by atoms with E-state index in [1.54, 1.807) is 24.8 Å². The third-order valence-corrected chi connectivity index (χ3v) is 5.84. The lowest BCUT2D eigenvalue weighted by Crippen LogP contribution is -2.49. The van der Waals surface area contributed by atoms with Gasteiger partial charge in [0.2, 0.25) is 5.91 Å². The number of nitrogens with zero attached hydrogens (tertiary/aromatic N) is 1. The zero-order valence-electron chi connectivity index (χ0n) is 17.3. The fraction of sp³-hybridized carbons (Fsp3) is 0.571. The molecule has 1 aliphatic rings. The Morgan fingerprint density at radius 2 is 1.97 bits per heavy atom. The number of fused-ring (bicyclic) bond motifs is 1. The van der Waals surface area contributed by atoms with Gasteiger partial charge < -0.3 is 15.2 Å². The van der Waals surface area contributed by atoms with Gasteiger partial charge in [-0.2, -0.15) is 0 Å². The van der Waals surface area contributed by atoms with E-state index in [9.17, 15) is 19.5 Å². The van der Waals surface area contributed by atoms with Crippen molar-refractivity contribution >= 4 is 35.3 Å². The molecule has 1 aromatic rings. The number of hydrogen-bond donors (Lipinski definition) is 3. The van der Waals surface area contributed by atoms with Crippen LogP contribution in [0.15, 0.2) is 29.2 Å². The molecular formula is C21H31N3O5S. The summed E-state index contributed by atoms with van der Waals surface area (Å²) in [6.45, 7) is 1.96. The van der Waals surface area contributed by atoms with Crippen molar-refractivity contribution in [2.45, 2.75) is 62.6 Å². The van der Waals surface area contributed by atoms with E-state index in [0.717, 1.165) is 37.0 Å². The van der Waals surface area contributed by atoms with Crippen LogP contribution < -0.4 is 16.0 Å². The zero-order valence-corrected chi connectivity index (χ0v) is 18.2. The van der Waals surface area contributed by atoms with Crippen LogP contribution in [0.2, 0.25) is 0 Å². The van der Waals surface area contributed by atoms with Gasteiger partial charge in [-0.1, -0.05) is 31.4 Å². The minimum absolute atomic E-state index is 0.206. The third kappa shape index (κ3) is 7.97. The second-order valence-corrected chi connectivity index (χ2v) is 8.38. The van der Waals surface area contributed by atoms with E-state index in [-0.39, 0.29) is 18.4 Å². The summed E-state index contributed by atoms with van der Waals surface area (Å²) in [4.78, 5) is 37.9. The van der Waals surface area contributed by atoms with Gasteiger partial charge in [0.25, 0.3) is 0 Å². The molecule has 1 aliphatic heterocycles. The lowest BCUT2D eigenvalue weighted by atomic mass is 10.1. The normalized spacial score (nSPS) is 17.2. The largest absolute Gasteiger partial charge is 0.480 e. The molecule has 2 unspecified atom stereocenters. The molecule has 0 saturated carbocycles. The molecule has 0 spiro atoms. The van der Waals surface area contributed by atoms with Crippen LogP contribution in [-0.4, -0.2) is 54.1 Å². The lowest BCUT2D eigenvalue weighted by Gasteiger charge is -2.24. The van der Waals surface area contributed by atoms with Gasteiger partial charge in [0.05, 0.1) is 11.7 Å². The zero-order chi connectivity index (χ0) is 21.9. The van der Waals surface area contributed by atoms with Gasteiger partial charge >= 0.3 is 11.9 Å². The quantitative estimate of drug-likeness (QED) is 0.259. The molecule has 9 heteroatoms. The van der Waals surface area contributed by atoms with Gasteiger partial charge in [-0.25, -0.2) is 0 Å². The predicted molar refractivity (Wildman–Crippen MR) is 116 cm³/mol. The summed E-state index contributed by atoms with van der Waals surface area (Å²) < 4.78 is 4.89. The Morgan fingerprint density at radius 1 is 1.27 bits per heavy atom. The number of nitrogens with one attached hydrogen (secondary N) is 1. The van der Waals surface area contributed by atoms with E-state index in [1.807, 2.05) is 18.2 Å². The van der Waals surface area contributed by atoms with Crippen molar-refractivity contribution in [1.29, 1.82) is 0 Å². The van der Waals surface area contributed by atoms with Crippen molar-refractivity contribution < 1.29 is 24.2 Å². The molecule has 0 fully saturated rings. The molecule has 0 aliphatic carbocycles. The first kappa shape index (κ1) is 24.2. The molecule has 2 rings (SSSR count). The number of carbonyl (C=O) groups is 3. The first-order valence-corrected chi connectivity index (χ1v) is 11.3. The maximum atomic E-state index is 12.9. The fourth-order valence-electron chi connectivity index (χ4n) is 3.27. The van der Waals surface area contributed by atoms with Crippen molar-refractivity contribution in [2.75, 3.05) is 23.7 Å². The summed E-state index contributed by atoms with van der Waals surface area (Å²) in [6.07, 6.45) is 4.43. The van der Waals surface area contributed by atoms with Crippen molar-refractivity contribution in [3.05, 3.63) is 24.3 Å². The average molecular weight is 438 g/mol. The number of carboxylic acid groups (broad SMARTS) is 1. The number of amides is 1. The molecule has 0 aromatic heterocycles. The van der Waals surface area contributed by atoms with E-state index < -0.39 is 18.2 Å². The highest BCUT2D eigenvalue weighted by molar-refractivity contribution is 7.99. The molecule has 2 atom stereocenters. The van der Waals surface area contributed by atoms with E-state index in [1.165, 1.54) is 4.90 Å². The second-order valence-electron chi connectivity index (χ2n) is 7.32. The topological polar surface area (TPSA) is 122 Å². The highest BCUT2D eigenvalue weighted by Crippen LogP contribution is 2.34. The molecule has 1 amide bonds. The number of rotatable bonds is 12. The first-order chi connectivity index (χ1) is 14.4. The van der Waals surface area contributed by atoms with E-state index in [0.29, 0.717) is 24.4 Å². The monoisotopic (exact) mass is 437 g/mol. The Balaban J connectivity index is 1.72. The molecule has 1 heterocycles. The van der Waals surface area contributed by atoms with Crippen molar-refractivity contribution in [1.82, 2.24) is 5.32 Å². The van der Waals surface area contributed by atoms with Crippen molar-refractivity contribution in [2.24, 2.45) is 5.73 Å².